The van der Waals surface area contributed by atoms with Gasteiger partial charge in [-0.25, -0.2) is 9.97 Å². The SMILES string of the molecule is CC(C#N)Sc1nc(N)cc(N)n1. The average molecular weight is 195 g/mol. The van der Waals surface area contributed by atoms with Crippen LogP contribution in [0.1, 0.15) is 6.92 Å². The maximum atomic E-state index is 8.55. The second kappa shape index (κ2) is 3.96. The van der Waals surface area contributed by atoms with Gasteiger partial charge in [0.2, 0.25) is 0 Å². The molecule has 0 aromatic carbocycles. The summed E-state index contributed by atoms with van der Waals surface area (Å²) in [5, 5.41) is 8.78. The Bertz CT molecular complexity index is 325. The van der Waals surface area contributed by atoms with Crippen molar-refractivity contribution in [3.63, 3.8) is 0 Å². The zero-order valence-corrected chi connectivity index (χ0v) is 7.88. The van der Waals surface area contributed by atoms with Crippen molar-refractivity contribution in [3.05, 3.63) is 6.07 Å². The minimum atomic E-state index is -0.207. The summed E-state index contributed by atoms with van der Waals surface area (Å²) < 4.78 is 0. The predicted octanol–water partition coefficient (Wildman–Crippen LogP) is 0.645. The number of aromatic nitrogens is 2. The summed E-state index contributed by atoms with van der Waals surface area (Å²) in [5.74, 6) is 0.639. The minimum Gasteiger partial charge on any atom is -0.383 e. The third kappa shape index (κ3) is 2.80. The first-order chi connectivity index (χ1) is 6.11. The molecule has 4 N–H and O–H groups in total. The molecule has 5 nitrogen and oxygen atoms in total. The normalized spacial score (nSPS) is 12.0. The Morgan fingerprint density at radius 3 is 2.46 bits per heavy atom. The van der Waals surface area contributed by atoms with Crippen LogP contribution >= 0.6 is 11.8 Å². The molecule has 0 saturated heterocycles. The van der Waals surface area contributed by atoms with Gasteiger partial charge in [-0.3, -0.25) is 0 Å². The van der Waals surface area contributed by atoms with Crippen LogP contribution < -0.4 is 11.5 Å². The number of thioether (sulfide) groups is 1. The number of nitrogen functional groups attached to an aromatic ring is 2. The van der Waals surface area contributed by atoms with E-state index in [9.17, 15) is 0 Å². The molecule has 0 fully saturated rings. The second-order valence-electron chi connectivity index (χ2n) is 2.39. The van der Waals surface area contributed by atoms with E-state index in [0.717, 1.165) is 0 Å². The lowest BCUT2D eigenvalue weighted by molar-refractivity contribution is 0.979. The van der Waals surface area contributed by atoms with Gasteiger partial charge in [0.25, 0.3) is 0 Å². The fraction of sp³-hybridized carbons (Fsp3) is 0.286. The quantitative estimate of drug-likeness (QED) is 0.530. The first kappa shape index (κ1) is 9.61. The van der Waals surface area contributed by atoms with E-state index in [1.807, 2.05) is 0 Å². The van der Waals surface area contributed by atoms with Crippen LogP contribution in [0.3, 0.4) is 0 Å². The van der Waals surface area contributed by atoms with Crippen molar-refractivity contribution in [1.29, 1.82) is 5.26 Å². The van der Waals surface area contributed by atoms with Crippen LogP contribution in [0, 0.1) is 11.3 Å². The Balaban J connectivity index is 2.84. The van der Waals surface area contributed by atoms with E-state index in [4.69, 9.17) is 16.7 Å². The Morgan fingerprint density at radius 1 is 1.46 bits per heavy atom. The first-order valence-corrected chi connectivity index (χ1v) is 4.46. The van der Waals surface area contributed by atoms with E-state index >= 15 is 0 Å². The summed E-state index contributed by atoms with van der Waals surface area (Å²) in [6.45, 7) is 1.76. The van der Waals surface area contributed by atoms with Gasteiger partial charge in [0.15, 0.2) is 5.16 Å². The van der Waals surface area contributed by atoms with Gasteiger partial charge in [0.05, 0.1) is 11.3 Å². The van der Waals surface area contributed by atoms with E-state index < -0.39 is 0 Å². The van der Waals surface area contributed by atoms with Gasteiger partial charge in [-0.05, 0) is 6.92 Å². The van der Waals surface area contributed by atoms with Gasteiger partial charge < -0.3 is 11.5 Å². The van der Waals surface area contributed by atoms with E-state index in [1.165, 1.54) is 17.8 Å². The molecule has 1 aromatic rings. The molecule has 68 valence electrons. The van der Waals surface area contributed by atoms with Gasteiger partial charge in [-0.15, -0.1) is 0 Å². The monoisotopic (exact) mass is 195 g/mol. The molecule has 0 bridgehead atoms. The van der Waals surface area contributed by atoms with Crippen LogP contribution in [0.2, 0.25) is 0 Å². The highest BCUT2D eigenvalue weighted by Crippen LogP contribution is 2.20. The molecule has 1 rings (SSSR count). The molecule has 0 amide bonds. The fourth-order valence-corrected chi connectivity index (χ4v) is 1.38. The number of nitrogens with two attached hydrogens (primary N) is 2. The second-order valence-corrected chi connectivity index (χ2v) is 3.70. The summed E-state index contributed by atoms with van der Waals surface area (Å²) in [6, 6.07) is 3.53. The molecule has 0 aliphatic rings. The third-order valence-electron chi connectivity index (χ3n) is 1.21. The van der Waals surface area contributed by atoms with E-state index in [0.29, 0.717) is 16.8 Å². The van der Waals surface area contributed by atoms with Crippen molar-refractivity contribution < 1.29 is 0 Å². The number of rotatable bonds is 2. The summed E-state index contributed by atoms with van der Waals surface area (Å²) in [6.07, 6.45) is 0. The van der Waals surface area contributed by atoms with Crippen LogP contribution in [0.25, 0.3) is 0 Å². The number of hydrogen-bond donors (Lipinski definition) is 2. The van der Waals surface area contributed by atoms with Crippen LogP contribution in [0.15, 0.2) is 11.2 Å². The van der Waals surface area contributed by atoms with Gasteiger partial charge in [0.1, 0.15) is 11.6 Å². The zero-order valence-electron chi connectivity index (χ0n) is 7.06. The van der Waals surface area contributed by atoms with Crippen molar-refractivity contribution in [2.24, 2.45) is 0 Å². The van der Waals surface area contributed by atoms with Gasteiger partial charge in [-0.2, -0.15) is 5.26 Å². The molecule has 1 aromatic heterocycles. The van der Waals surface area contributed by atoms with Gasteiger partial charge >= 0.3 is 0 Å². The molecule has 0 aliphatic heterocycles. The van der Waals surface area contributed by atoms with E-state index in [2.05, 4.69) is 16.0 Å². The van der Waals surface area contributed by atoms with Crippen LogP contribution in [0.5, 0.6) is 0 Å². The minimum absolute atomic E-state index is 0.207. The van der Waals surface area contributed by atoms with E-state index in [-0.39, 0.29) is 5.25 Å². The molecule has 0 saturated carbocycles. The maximum absolute atomic E-state index is 8.55. The smallest absolute Gasteiger partial charge is 0.192 e. The molecule has 1 atom stereocenters. The standard InChI is InChI=1S/C7H9N5S/c1-4(3-8)13-7-11-5(9)2-6(10)12-7/h2,4H,1H3,(H4,9,10,11,12). The molecule has 1 unspecified atom stereocenters. The van der Waals surface area contributed by atoms with Crippen molar-refractivity contribution >= 4 is 23.4 Å². The zero-order chi connectivity index (χ0) is 9.84. The Hall–Kier alpha value is -1.48. The fourth-order valence-electron chi connectivity index (χ4n) is 0.699. The largest absolute Gasteiger partial charge is 0.383 e. The van der Waals surface area contributed by atoms with Crippen molar-refractivity contribution in [3.8, 4) is 6.07 Å². The first-order valence-electron chi connectivity index (χ1n) is 3.58. The average Bonchev–Trinajstić information content (AvgIpc) is 2.02. The van der Waals surface area contributed by atoms with Gasteiger partial charge in [-0.1, -0.05) is 11.8 Å². The molecule has 13 heavy (non-hydrogen) atoms. The Kier molecular flexibility index (Phi) is 2.93. The lowest BCUT2D eigenvalue weighted by Crippen LogP contribution is -2.01. The molecule has 0 spiro atoms. The maximum Gasteiger partial charge on any atom is 0.192 e. The molecule has 6 heteroatoms. The Labute approximate surface area is 80.2 Å². The van der Waals surface area contributed by atoms with Gasteiger partial charge in [0, 0.05) is 6.07 Å². The number of nitrogens with zero attached hydrogens (tertiary/aromatic N) is 3. The number of nitriles is 1. The van der Waals surface area contributed by atoms with Crippen LogP contribution in [0.4, 0.5) is 11.6 Å². The van der Waals surface area contributed by atoms with Crippen molar-refractivity contribution in [2.75, 3.05) is 11.5 Å². The highest BCUT2D eigenvalue weighted by Gasteiger charge is 2.06. The highest BCUT2D eigenvalue weighted by molar-refractivity contribution is 8.00. The molecule has 0 aliphatic carbocycles. The summed E-state index contributed by atoms with van der Waals surface area (Å²) in [4.78, 5) is 7.84. The number of hydrogen-bond acceptors (Lipinski definition) is 6. The summed E-state index contributed by atoms with van der Waals surface area (Å²) in [5.41, 5.74) is 10.9. The summed E-state index contributed by atoms with van der Waals surface area (Å²) in [7, 11) is 0. The molecule has 0 radical (unpaired) electrons. The molecular weight excluding hydrogens is 186 g/mol. The molecule has 1 heterocycles. The van der Waals surface area contributed by atoms with E-state index in [1.54, 1.807) is 6.92 Å². The van der Waals surface area contributed by atoms with Crippen LogP contribution in [-0.2, 0) is 0 Å². The van der Waals surface area contributed by atoms with Crippen LogP contribution in [-0.4, -0.2) is 15.2 Å². The Morgan fingerprint density at radius 2 is 2.00 bits per heavy atom. The predicted molar refractivity (Wildman–Crippen MR) is 51.8 cm³/mol. The van der Waals surface area contributed by atoms with Crippen molar-refractivity contribution in [2.45, 2.75) is 17.3 Å². The third-order valence-corrected chi connectivity index (χ3v) is 2.06. The van der Waals surface area contributed by atoms with Crippen molar-refractivity contribution in [1.82, 2.24) is 9.97 Å². The number of anilines is 2. The lowest BCUT2D eigenvalue weighted by Gasteiger charge is -2.02. The molecular formula is C7H9N5S. The summed E-state index contributed by atoms with van der Waals surface area (Å²) >= 11 is 1.23. The lowest BCUT2D eigenvalue weighted by atomic mass is 10.5. The topological polar surface area (TPSA) is 102 Å². The highest BCUT2D eigenvalue weighted by atomic mass is 32.2.